The fourth-order valence-corrected chi connectivity index (χ4v) is 1.83. The molecular formula is C12H9Cl2NO. The van der Waals surface area contributed by atoms with Crippen molar-refractivity contribution >= 4 is 23.2 Å². The van der Waals surface area contributed by atoms with Gasteiger partial charge in [-0.15, -0.1) is 0 Å². The van der Waals surface area contributed by atoms with Crippen LogP contribution in [0.1, 0.15) is 0 Å². The van der Waals surface area contributed by atoms with Crippen LogP contribution in [0.25, 0.3) is 11.3 Å². The minimum atomic E-state index is 0.568. The van der Waals surface area contributed by atoms with E-state index in [9.17, 15) is 0 Å². The average molecular weight is 254 g/mol. The fraction of sp³-hybridized carbons (Fsp3) is 0.0833. The number of aromatic nitrogens is 1. The summed E-state index contributed by atoms with van der Waals surface area (Å²) in [5.74, 6) is 0.612. The molecule has 0 aliphatic rings. The Balaban J connectivity index is 2.53. The maximum atomic E-state index is 6.06. The number of methoxy groups -OCH3 is 1. The van der Waals surface area contributed by atoms with Crippen LogP contribution in [0.4, 0.5) is 0 Å². The zero-order valence-electron chi connectivity index (χ0n) is 8.58. The van der Waals surface area contributed by atoms with Gasteiger partial charge in [-0.05, 0) is 24.3 Å². The first kappa shape index (κ1) is 11.2. The quantitative estimate of drug-likeness (QED) is 0.806. The van der Waals surface area contributed by atoms with E-state index in [0.717, 1.165) is 11.3 Å². The van der Waals surface area contributed by atoms with E-state index in [1.54, 1.807) is 31.5 Å². The number of rotatable bonds is 2. The Bertz CT molecular complexity index is 514. The normalized spacial score (nSPS) is 10.2. The third kappa shape index (κ3) is 2.13. The minimum Gasteiger partial charge on any atom is -0.495 e. The monoisotopic (exact) mass is 253 g/mol. The van der Waals surface area contributed by atoms with Gasteiger partial charge in [0.2, 0.25) is 0 Å². The van der Waals surface area contributed by atoms with Crippen LogP contribution in [0.2, 0.25) is 10.0 Å². The van der Waals surface area contributed by atoms with Gasteiger partial charge in [-0.2, -0.15) is 0 Å². The summed E-state index contributed by atoms with van der Waals surface area (Å²) in [7, 11) is 1.57. The lowest BCUT2D eigenvalue weighted by atomic mass is 10.1. The van der Waals surface area contributed by atoms with Crippen LogP contribution in [0.5, 0.6) is 5.75 Å². The van der Waals surface area contributed by atoms with E-state index >= 15 is 0 Å². The van der Waals surface area contributed by atoms with Gasteiger partial charge in [0.25, 0.3) is 0 Å². The Morgan fingerprint density at radius 3 is 2.62 bits per heavy atom. The lowest BCUT2D eigenvalue weighted by molar-refractivity contribution is 0.415. The molecule has 4 heteroatoms. The van der Waals surface area contributed by atoms with Crippen molar-refractivity contribution < 1.29 is 4.74 Å². The number of hydrogen-bond acceptors (Lipinski definition) is 2. The Kier molecular flexibility index (Phi) is 3.32. The molecule has 1 aromatic heterocycles. The van der Waals surface area contributed by atoms with Crippen molar-refractivity contribution in [2.45, 2.75) is 0 Å². The molecule has 0 aliphatic carbocycles. The SMILES string of the molecule is COc1cc(-c2ncccc2Cl)ccc1Cl. The van der Waals surface area contributed by atoms with E-state index in [-0.39, 0.29) is 0 Å². The van der Waals surface area contributed by atoms with E-state index in [2.05, 4.69) is 4.98 Å². The second kappa shape index (κ2) is 4.73. The minimum absolute atomic E-state index is 0.568. The highest BCUT2D eigenvalue weighted by molar-refractivity contribution is 6.33. The summed E-state index contributed by atoms with van der Waals surface area (Å²) in [4.78, 5) is 4.22. The zero-order chi connectivity index (χ0) is 11.5. The third-order valence-corrected chi connectivity index (χ3v) is 2.80. The first-order chi connectivity index (χ1) is 7.72. The summed E-state index contributed by atoms with van der Waals surface area (Å²) in [6, 6.07) is 9.03. The molecule has 1 aromatic carbocycles. The van der Waals surface area contributed by atoms with Crippen LogP contribution in [0.15, 0.2) is 36.5 Å². The highest BCUT2D eigenvalue weighted by Crippen LogP contribution is 2.32. The molecule has 2 nitrogen and oxygen atoms in total. The van der Waals surface area contributed by atoms with Gasteiger partial charge in [-0.25, -0.2) is 0 Å². The molecule has 0 saturated carbocycles. The topological polar surface area (TPSA) is 22.1 Å². The Hall–Kier alpha value is -1.25. The van der Waals surface area contributed by atoms with E-state index in [0.29, 0.717) is 15.8 Å². The molecule has 0 bridgehead atoms. The van der Waals surface area contributed by atoms with Gasteiger partial charge in [0, 0.05) is 11.8 Å². The molecule has 0 aliphatic heterocycles. The largest absolute Gasteiger partial charge is 0.495 e. The predicted molar refractivity (Wildman–Crippen MR) is 66.2 cm³/mol. The summed E-state index contributed by atoms with van der Waals surface area (Å²) in [6.07, 6.45) is 1.70. The number of hydrogen-bond donors (Lipinski definition) is 0. The molecule has 0 N–H and O–H groups in total. The van der Waals surface area contributed by atoms with Crippen molar-refractivity contribution in [2.75, 3.05) is 7.11 Å². The van der Waals surface area contributed by atoms with Gasteiger partial charge in [0.15, 0.2) is 0 Å². The maximum absolute atomic E-state index is 6.06. The van der Waals surface area contributed by atoms with Gasteiger partial charge in [-0.3, -0.25) is 4.98 Å². The van der Waals surface area contributed by atoms with Crippen LogP contribution in [-0.4, -0.2) is 12.1 Å². The van der Waals surface area contributed by atoms with Crippen molar-refractivity contribution in [2.24, 2.45) is 0 Å². The number of nitrogens with zero attached hydrogens (tertiary/aromatic N) is 1. The van der Waals surface area contributed by atoms with Crippen molar-refractivity contribution in [3.63, 3.8) is 0 Å². The van der Waals surface area contributed by atoms with E-state index in [1.165, 1.54) is 0 Å². The van der Waals surface area contributed by atoms with Crippen LogP contribution in [-0.2, 0) is 0 Å². The standard InChI is InChI=1S/C12H9Cl2NO/c1-16-11-7-8(4-5-9(11)13)12-10(14)3-2-6-15-12/h2-7H,1H3. The highest BCUT2D eigenvalue weighted by atomic mass is 35.5. The summed E-state index contributed by atoms with van der Waals surface area (Å²) in [5.41, 5.74) is 1.60. The molecule has 0 fully saturated rings. The summed E-state index contributed by atoms with van der Waals surface area (Å²) in [5, 5.41) is 1.17. The summed E-state index contributed by atoms with van der Waals surface area (Å²) >= 11 is 12.0. The maximum Gasteiger partial charge on any atom is 0.138 e. The zero-order valence-corrected chi connectivity index (χ0v) is 10.1. The van der Waals surface area contributed by atoms with Gasteiger partial charge in [0.1, 0.15) is 5.75 Å². The summed E-state index contributed by atoms with van der Waals surface area (Å²) < 4.78 is 5.14. The summed E-state index contributed by atoms with van der Waals surface area (Å²) in [6.45, 7) is 0. The smallest absolute Gasteiger partial charge is 0.138 e. The van der Waals surface area contributed by atoms with E-state index < -0.39 is 0 Å². The van der Waals surface area contributed by atoms with E-state index in [1.807, 2.05) is 12.1 Å². The molecule has 82 valence electrons. The number of pyridine rings is 1. The molecule has 0 saturated heterocycles. The van der Waals surface area contributed by atoms with Crippen molar-refractivity contribution in [3.05, 3.63) is 46.6 Å². The Morgan fingerprint density at radius 1 is 1.12 bits per heavy atom. The van der Waals surface area contributed by atoms with Crippen LogP contribution >= 0.6 is 23.2 Å². The van der Waals surface area contributed by atoms with Crippen LogP contribution < -0.4 is 4.74 Å². The number of benzene rings is 1. The van der Waals surface area contributed by atoms with Gasteiger partial charge in [0.05, 0.1) is 22.8 Å². The molecule has 0 radical (unpaired) electrons. The van der Waals surface area contributed by atoms with E-state index in [4.69, 9.17) is 27.9 Å². The van der Waals surface area contributed by atoms with Gasteiger partial charge < -0.3 is 4.74 Å². The molecule has 2 rings (SSSR count). The molecule has 0 spiro atoms. The van der Waals surface area contributed by atoms with Crippen LogP contribution in [0.3, 0.4) is 0 Å². The molecule has 0 atom stereocenters. The predicted octanol–water partition coefficient (Wildman–Crippen LogP) is 4.06. The first-order valence-corrected chi connectivity index (χ1v) is 5.42. The third-order valence-electron chi connectivity index (χ3n) is 2.18. The average Bonchev–Trinajstić information content (AvgIpc) is 2.31. The molecular weight excluding hydrogens is 245 g/mol. The Morgan fingerprint density at radius 2 is 1.94 bits per heavy atom. The molecule has 16 heavy (non-hydrogen) atoms. The molecule has 1 heterocycles. The van der Waals surface area contributed by atoms with Crippen molar-refractivity contribution in [1.29, 1.82) is 0 Å². The van der Waals surface area contributed by atoms with Gasteiger partial charge >= 0.3 is 0 Å². The molecule has 2 aromatic rings. The molecule has 0 unspecified atom stereocenters. The number of halogens is 2. The lowest BCUT2D eigenvalue weighted by Gasteiger charge is -2.07. The van der Waals surface area contributed by atoms with Crippen LogP contribution in [0, 0.1) is 0 Å². The molecule has 0 amide bonds. The number of ether oxygens (including phenoxy) is 1. The first-order valence-electron chi connectivity index (χ1n) is 4.67. The van der Waals surface area contributed by atoms with Gasteiger partial charge in [-0.1, -0.05) is 29.3 Å². The highest BCUT2D eigenvalue weighted by Gasteiger charge is 2.07. The second-order valence-electron chi connectivity index (χ2n) is 3.18. The Labute approximate surface area is 104 Å². The second-order valence-corrected chi connectivity index (χ2v) is 4.00. The van der Waals surface area contributed by atoms with Crippen molar-refractivity contribution in [3.8, 4) is 17.0 Å². The fourth-order valence-electron chi connectivity index (χ4n) is 1.41. The lowest BCUT2D eigenvalue weighted by Crippen LogP contribution is -1.88. The van der Waals surface area contributed by atoms with Crippen molar-refractivity contribution in [1.82, 2.24) is 4.98 Å².